The molecule has 19 heavy (non-hydrogen) atoms. The highest BCUT2D eigenvalue weighted by molar-refractivity contribution is 5.81. The van der Waals surface area contributed by atoms with Crippen LogP contribution in [0.1, 0.15) is 34.1 Å². The molecule has 0 aromatic carbocycles. The Bertz CT molecular complexity index is 358. The molecular weight excluding hydrogens is 248 g/mol. The van der Waals surface area contributed by atoms with Gasteiger partial charge in [-0.05, 0) is 27.2 Å². The highest BCUT2D eigenvalue weighted by Crippen LogP contribution is 2.30. The third kappa shape index (κ3) is 3.37. The van der Waals surface area contributed by atoms with Crippen molar-refractivity contribution >= 4 is 12.1 Å². The monoisotopic (exact) mass is 272 g/mol. The first-order valence-electron chi connectivity index (χ1n) is 6.49. The van der Waals surface area contributed by atoms with Gasteiger partial charge in [0.05, 0.1) is 7.11 Å². The summed E-state index contributed by atoms with van der Waals surface area (Å²) in [6.07, 6.45) is 0.110. The van der Waals surface area contributed by atoms with Gasteiger partial charge in [0.2, 0.25) is 0 Å². The molecule has 0 aromatic heterocycles. The van der Waals surface area contributed by atoms with Gasteiger partial charge in [0.1, 0.15) is 11.1 Å². The van der Waals surface area contributed by atoms with E-state index in [2.05, 4.69) is 0 Å². The minimum Gasteiger partial charge on any atom is -0.468 e. The van der Waals surface area contributed by atoms with Crippen molar-refractivity contribution in [3.63, 3.8) is 0 Å². The van der Waals surface area contributed by atoms with Crippen LogP contribution in [0.3, 0.4) is 0 Å². The maximum atomic E-state index is 11.8. The Morgan fingerprint density at radius 1 is 1.32 bits per heavy atom. The fourth-order valence-corrected chi connectivity index (χ4v) is 2.07. The summed E-state index contributed by atoms with van der Waals surface area (Å²) in [6.45, 7) is 8.14. The summed E-state index contributed by atoms with van der Waals surface area (Å²) in [5.74, 6) is -0.513. The van der Waals surface area contributed by atoms with Gasteiger partial charge in [0, 0.05) is 19.0 Å². The van der Waals surface area contributed by atoms with E-state index >= 15 is 0 Å². The first-order valence-corrected chi connectivity index (χ1v) is 6.49. The van der Waals surface area contributed by atoms with Crippen molar-refractivity contribution in [3.05, 3.63) is 0 Å². The van der Waals surface area contributed by atoms with Gasteiger partial charge in [-0.3, -0.25) is 4.79 Å². The number of likely N-dealkylation sites (tertiary alicyclic amines) is 1. The Balaban J connectivity index is 2.57. The van der Waals surface area contributed by atoms with Crippen molar-refractivity contribution in [2.45, 2.75) is 45.3 Å². The van der Waals surface area contributed by atoms with Gasteiger partial charge >= 0.3 is 12.1 Å². The molecule has 0 spiro atoms. The van der Waals surface area contributed by atoms with Crippen molar-refractivity contribution in [1.29, 1.82) is 0 Å². The number of nitrogens with zero attached hydrogens (tertiary/aromatic N) is 1. The van der Waals surface area contributed by atoms with Crippen LogP contribution in [-0.4, -0.2) is 48.3 Å². The van der Waals surface area contributed by atoms with Crippen LogP contribution in [0.15, 0.2) is 0 Å². The number of hydrogen-bond acceptors (Lipinski definition) is 5. The zero-order valence-electron chi connectivity index (χ0n) is 12.4. The fourth-order valence-electron chi connectivity index (χ4n) is 2.07. The van der Waals surface area contributed by atoms with E-state index in [0.717, 1.165) is 0 Å². The zero-order valence-corrected chi connectivity index (χ0v) is 12.4. The number of ether oxygens (including phenoxy) is 2. The molecule has 0 bridgehead atoms. The Morgan fingerprint density at radius 2 is 1.84 bits per heavy atom. The number of rotatable bonds is 3. The zero-order chi connectivity index (χ0) is 14.8. The molecule has 1 aliphatic rings. The second-order valence-corrected chi connectivity index (χ2v) is 5.97. The molecule has 0 radical (unpaired) electrons. The number of hydrogen-bond donors (Lipinski definition) is 1. The second kappa shape index (κ2) is 5.36. The molecular formula is C13H24N2O4. The molecule has 1 fully saturated rings. The lowest BCUT2D eigenvalue weighted by atomic mass is 9.77. The van der Waals surface area contributed by atoms with Crippen LogP contribution in [0.2, 0.25) is 0 Å². The molecule has 1 atom stereocenters. The molecule has 2 N–H and O–H groups in total. The van der Waals surface area contributed by atoms with E-state index in [1.54, 1.807) is 4.90 Å². The largest absolute Gasteiger partial charge is 0.468 e. The van der Waals surface area contributed by atoms with Crippen LogP contribution in [0.25, 0.3) is 0 Å². The molecule has 110 valence electrons. The highest BCUT2D eigenvalue weighted by Gasteiger charge is 2.49. The minimum absolute atomic E-state index is 0.0857. The van der Waals surface area contributed by atoms with Gasteiger partial charge in [-0.15, -0.1) is 0 Å². The summed E-state index contributed by atoms with van der Waals surface area (Å²) in [4.78, 5) is 25.1. The fraction of sp³-hybridized carbons (Fsp3) is 0.846. The van der Waals surface area contributed by atoms with E-state index in [1.165, 1.54) is 7.11 Å². The summed E-state index contributed by atoms with van der Waals surface area (Å²) in [5.41, 5.74) is 4.55. The number of carbonyl (C=O) groups excluding carboxylic acids is 2. The van der Waals surface area contributed by atoms with E-state index < -0.39 is 17.1 Å². The van der Waals surface area contributed by atoms with E-state index in [4.69, 9.17) is 15.2 Å². The third-order valence-corrected chi connectivity index (χ3v) is 3.41. The number of esters is 1. The van der Waals surface area contributed by atoms with Crippen molar-refractivity contribution in [2.24, 2.45) is 11.7 Å². The smallest absolute Gasteiger partial charge is 0.410 e. The number of nitrogens with two attached hydrogens (primary N) is 1. The second-order valence-electron chi connectivity index (χ2n) is 5.97. The number of amides is 1. The summed E-state index contributed by atoms with van der Waals surface area (Å²) >= 11 is 0. The third-order valence-electron chi connectivity index (χ3n) is 3.41. The Hall–Kier alpha value is -1.30. The first-order chi connectivity index (χ1) is 8.64. The topological polar surface area (TPSA) is 81.9 Å². The van der Waals surface area contributed by atoms with Crippen molar-refractivity contribution in [1.82, 2.24) is 4.90 Å². The van der Waals surface area contributed by atoms with Gasteiger partial charge in [-0.25, -0.2) is 4.79 Å². The average Bonchev–Trinajstić information content (AvgIpc) is 2.22. The maximum absolute atomic E-state index is 11.8. The van der Waals surface area contributed by atoms with Crippen molar-refractivity contribution in [2.75, 3.05) is 20.2 Å². The molecule has 6 heteroatoms. The Kier molecular flexibility index (Phi) is 4.45. The molecule has 0 saturated carbocycles. The lowest BCUT2D eigenvalue weighted by Gasteiger charge is -2.46. The van der Waals surface area contributed by atoms with Gasteiger partial charge in [0.15, 0.2) is 0 Å². The summed E-state index contributed by atoms with van der Waals surface area (Å²) in [6, 6.07) is 0. The van der Waals surface area contributed by atoms with Gasteiger partial charge in [-0.1, -0.05) is 6.92 Å². The van der Waals surface area contributed by atoms with Crippen LogP contribution in [-0.2, 0) is 14.3 Å². The van der Waals surface area contributed by atoms with Crippen LogP contribution < -0.4 is 5.73 Å². The number of methoxy groups -OCH3 is 1. The summed E-state index contributed by atoms with van der Waals surface area (Å²) in [5, 5.41) is 0. The van der Waals surface area contributed by atoms with E-state index in [-0.39, 0.29) is 12.0 Å². The van der Waals surface area contributed by atoms with Gasteiger partial charge < -0.3 is 20.1 Å². The molecule has 1 heterocycles. The van der Waals surface area contributed by atoms with E-state index in [0.29, 0.717) is 19.5 Å². The first kappa shape index (κ1) is 15.8. The summed E-state index contributed by atoms with van der Waals surface area (Å²) in [7, 11) is 1.32. The van der Waals surface area contributed by atoms with Gasteiger partial charge in [-0.2, -0.15) is 0 Å². The lowest BCUT2D eigenvalue weighted by molar-refractivity contribution is -0.152. The van der Waals surface area contributed by atoms with Crippen LogP contribution in [0.5, 0.6) is 0 Å². The van der Waals surface area contributed by atoms with Crippen LogP contribution in [0.4, 0.5) is 4.79 Å². The van der Waals surface area contributed by atoms with Crippen LogP contribution in [0, 0.1) is 5.92 Å². The predicted molar refractivity (Wildman–Crippen MR) is 70.5 cm³/mol. The average molecular weight is 272 g/mol. The standard InChI is InChI=1S/C13H24N2O4/c1-6-13(14,10(16)18-5)9-7-15(8-9)11(17)19-12(2,3)4/h9H,6-8,14H2,1-5H3. The molecule has 1 unspecified atom stereocenters. The van der Waals surface area contributed by atoms with Crippen LogP contribution >= 0.6 is 0 Å². The highest BCUT2D eigenvalue weighted by atomic mass is 16.6. The summed E-state index contributed by atoms with van der Waals surface area (Å²) < 4.78 is 9.99. The normalized spacial score (nSPS) is 19.4. The number of carbonyl (C=O) groups is 2. The molecule has 1 rings (SSSR count). The Morgan fingerprint density at radius 3 is 2.21 bits per heavy atom. The lowest BCUT2D eigenvalue weighted by Crippen LogP contribution is -2.66. The van der Waals surface area contributed by atoms with E-state index in [9.17, 15) is 9.59 Å². The van der Waals surface area contributed by atoms with E-state index in [1.807, 2.05) is 27.7 Å². The molecule has 0 aromatic rings. The maximum Gasteiger partial charge on any atom is 0.410 e. The Labute approximate surface area is 114 Å². The molecule has 1 saturated heterocycles. The molecule has 1 aliphatic heterocycles. The predicted octanol–water partition coefficient (Wildman–Crippen LogP) is 1.13. The molecule has 6 nitrogen and oxygen atoms in total. The quantitative estimate of drug-likeness (QED) is 0.779. The molecule has 0 aliphatic carbocycles. The van der Waals surface area contributed by atoms with Crippen molar-refractivity contribution < 1.29 is 19.1 Å². The minimum atomic E-state index is -1.02. The van der Waals surface area contributed by atoms with Gasteiger partial charge in [0.25, 0.3) is 0 Å². The SMILES string of the molecule is CCC(N)(C(=O)OC)C1CN(C(=O)OC(C)(C)C)C1. The molecule has 1 amide bonds. The van der Waals surface area contributed by atoms with Crippen molar-refractivity contribution in [3.8, 4) is 0 Å².